The van der Waals surface area contributed by atoms with E-state index >= 15 is 0 Å². The Morgan fingerprint density at radius 1 is 1.29 bits per heavy atom. The molecule has 1 heterocycles. The summed E-state index contributed by atoms with van der Waals surface area (Å²) < 4.78 is 2.13. The molecular formula is C16H21N3O2. The van der Waals surface area contributed by atoms with E-state index in [1.54, 1.807) is 12.1 Å². The molecule has 5 heteroatoms. The van der Waals surface area contributed by atoms with Gasteiger partial charge >= 0.3 is 0 Å². The molecule has 0 saturated carbocycles. The van der Waals surface area contributed by atoms with Crippen molar-refractivity contribution in [2.45, 2.75) is 33.4 Å². The summed E-state index contributed by atoms with van der Waals surface area (Å²) in [6.45, 7) is 6.41. The molecule has 2 rings (SSSR count). The average molecular weight is 287 g/mol. The normalized spacial score (nSPS) is 10.8. The number of hydrogen-bond donors (Lipinski definition) is 1. The molecule has 112 valence electrons. The van der Waals surface area contributed by atoms with E-state index in [1.165, 1.54) is 5.69 Å². The Hall–Kier alpha value is -2.14. The number of rotatable bonds is 7. The van der Waals surface area contributed by atoms with Crippen LogP contribution in [0.15, 0.2) is 36.5 Å². The number of nitro groups is 1. The summed E-state index contributed by atoms with van der Waals surface area (Å²) in [6.07, 6.45) is 3.12. The average Bonchev–Trinajstić information content (AvgIpc) is 2.88. The van der Waals surface area contributed by atoms with Crippen molar-refractivity contribution in [1.29, 1.82) is 0 Å². The summed E-state index contributed by atoms with van der Waals surface area (Å²) in [5.74, 6) is 0. The molecule has 1 N–H and O–H groups in total. The summed E-state index contributed by atoms with van der Waals surface area (Å²) in [7, 11) is 0. The molecule has 2 aromatic rings. The Morgan fingerprint density at radius 2 is 2.10 bits per heavy atom. The predicted octanol–water partition coefficient (Wildman–Crippen LogP) is 3.25. The molecular weight excluding hydrogens is 266 g/mol. The fraction of sp³-hybridized carbons (Fsp3) is 0.375. The van der Waals surface area contributed by atoms with Crippen LogP contribution in [0.25, 0.3) is 0 Å². The first kappa shape index (κ1) is 15.3. The molecule has 1 aromatic heterocycles. The van der Waals surface area contributed by atoms with Crippen molar-refractivity contribution in [2.24, 2.45) is 0 Å². The van der Waals surface area contributed by atoms with Gasteiger partial charge in [-0.1, -0.05) is 19.1 Å². The highest BCUT2D eigenvalue weighted by molar-refractivity contribution is 5.44. The first-order valence-electron chi connectivity index (χ1n) is 7.21. The first-order chi connectivity index (χ1) is 10.1. The third kappa shape index (κ3) is 3.70. The Kier molecular flexibility index (Phi) is 5.11. The molecule has 5 nitrogen and oxygen atoms in total. The third-order valence-electron chi connectivity index (χ3n) is 3.61. The van der Waals surface area contributed by atoms with E-state index in [2.05, 4.69) is 22.9 Å². The molecule has 21 heavy (non-hydrogen) atoms. The Labute approximate surface area is 124 Å². The van der Waals surface area contributed by atoms with Gasteiger partial charge in [-0.05, 0) is 37.6 Å². The second-order valence-electron chi connectivity index (χ2n) is 5.12. The van der Waals surface area contributed by atoms with E-state index in [1.807, 2.05) is 25.3 Å². The lowest BCUT2D eigenvalue weighted by Gasteiger charge is -2.12. The Balaban J connectivity index is 2.17. The maximum Gasteiger partial charge on any atom is 0.272 e. The van der Waals surface area contributed by atoms with E-state index in [0.717, 1.165) is 30.6 Å². The Bertz CT molecular complexity index is 620. The van der Waals surface area contributed by atoms with Gasteiger partial charge in [0.05, 0.1) is 4.92 Å². The van der Waals surface area contributed by atoms with E-state index in [-0.39, 0.29) is 10.6 Å². The second-order valence-corrected chi connectivity index (χ2v) is 5.12. The van der Waals surface area contributed by atoms with E-state index < -0.39 is 0 Å². The van der Waals surface area contributed by atoms with Crippen LogP contribution < -0.4 is 5.32 Å². The zero-order chi connectivity index (χ0) is 15.2. The number of aromatic nitrogens is 1. The highest BCUT2D eigenvalue weighted by Crippen LogP contribution is 2.22. The molecule has 0 atom stereocenters. The maximum atomic E-state index is 11.0. The quantitative estimate of drug-likeness (QED) is 0.483. The maximum absolute atomic E-state index is 11.0. The molecule has 0 spiro atoms. The van der Waals surface area contributed by atoms with Crippen LogP contribution in [0.3, 0.4) is 0 Å². The topological polar surface area (TPSA) is 60.1 Å². The third-order valence-corrected chi connectivity index (χ3v) is 3.61. The molecule has 0 aliphatic rings. The summed E-state index contributed by atoms with van der Waals surface area (Å²) >= 11 is 0. The highest BCUT2D eigenvalue weighted by Gasteiger charge is 2.13. The molecule has 0 bridgehead atoms. The minimum atomic E-state index is -0.321. The van der Waals surface area contributed by atoms with E-state index in [9.17, 15) is 10.1 Å². The molecule has 1 aromatic carbocycles. The minimum absolute atomic E-state index is 0.185. The SMILES string of the molecule is CCCNCc1cccn1Cc1cccc([N+](=O)[O-])c1C. The van der Waals surface area contributed by atoms with E-state index in [0.29, 0.717) is 6.54 Å². The Morgan fingerprint density at radius 3 is 2.81 bits per heavy atom. The van der Waals surface area contributed by atoms with Gasteiger partial charge in [0.2, 0.25) is 0 Å². The van der Waals surface area contributed by atoms with Crippen molar-refractivity contribution >= 4 is 5.69 Å². The van der Waals surface area contributed by atoms with Gasteiger partial charge in [0.25, 0.3) is 5.69 Å². The summed E-state index contributed by atoms with van der Waals surface area (Å²) in [6, 6.07) is 9.34. The second kappa shape index (κ2) is 7.04. The number of nitrogens with zero attached hydrogens (tertiary/aromatic N) is 2. The fourth-order valence-corrected chi connectivity index (χ4v) is 2.38. The molecule has 0 radical (unpaired) electrons. The van der Waals surface area contributed by atoms with Crippen molar-refractivity contribution in [1.82, 2.24) is 9.88 Å². The van der Waals surface area contributed by atoms with Gasteiger partial charge in [0.15, 0.2) is 0 Å². The summed E-state index contributed by atoms with van der Waals surface area (Å²) in [5, 5.41) is 14.4. The lowest BCUT2D eigenvalue weighted by atomic mass is 10.1. The molecule has 0 saturated heterocycles. The smallest absolute Gasteiger partial charge is 0.272 e. The van der Waals surface area contributed by atoms with Gasteiger partial charge in [-0.2, -0.15) is 0 Å². The molecule has 0 aliphatic carbocycles. The standard InChI is InChI=1S/C16H21N3O2/c1-3-9-17-11-15-7-5-10-18(15)12-14-6-4-8-16(13(14)2)19(20)21/h4-8,10,17H,3,9,11-12H2,1-2H3. The van der Waals surface area contributed by atoms with Crippen molar-refractivity contribution in [2.75, 3.05) is 6.54 Å². The van der Waals surface area contributed by atoms with Crippen molar-refractivity contribution in [3.05, 3.63) is 63.5 Å². The van der Waals surface area contributed by atoms with E-state index in [4.69, 9.17) is 0 Å². The number of nitrogens with one attached hydrogen (secondary N) is 1. The lowest BCUT2D eigenvalue weighted by Crippen LogP contribution is -2.17. The largest absolute Gasteiger partial charge is 0.346 e. The van der Waals surface area contributed by atoms with Gasteiger partial charge in [-0.15, -0.1) is 0 Å². The number of benzene rings is 1. The van der Waals surface area contributed by atoms with Crippen molar-refractivity contribution in [3.8, 4) is 0 Å². The van der Waals surface area contributed by atoms with Crippen LogP contribution in [0.1, 0.15) is 30.2 Å². The first-order valence-corrected chi connectivity index (χ1v) is 7.21. The molecule has 0 amide bonds. The highest BCUT2D eigenvalue weighted by atomic mass is 16.6. The molecule has 0 fully saturated rings. The summed E-state index contributed by atoms with van der Waals surface area (Å²) in [4.78, 5) is 10.7. The summed E-state index contributed by atoms with van der Waals surface area (Å²) in [5.41, 5.74) is 3.10. The van der Waals surface area contributed by atoms with Crippen LogP contribution in [-0.4, -0.2) is 16.0 Å². The monoisotopic (exact) mass is 287 g/mol. The predicted molar refractivity (Wildman–Crippen MR) is 83.4 cm³/mol. The zero-order valence-electron chi connectivity index (χ0n) is 12.5. The number of nitro benzene ring substituents is 1. The number of hydrogen-bond acceptors (Lipinski definition) is 3. The van der Waals surface area contributed by atoms with Gasteiger partial charge < -0.3 is 9.88 Å². The zero-order valence-corrected chi connectivity index (χ0v) is 12.5. The van der Waals surface area contributed by atoms with Crippen LogP contribution in [-0.2, 0) is 13.1 Å². The van der Waals surface area contributed by atoms with Crippen LogP contribution in [0.2, 0.25) is 0 Å². The van der Waals surface area contributed by atoms with Gasteiger partial charge in [0.1, 0.15) is 0 Å². The fourth-order valence-electron chi connectivity index (χ4n) is 2.38. The van der Waals surface area contributed by atoms with Crippen LogP contribution in [0.4, 0.5) is 5.69 Å². The molecule has 0 unspecified atom stereocenters. The van der Waals surface area contributed by atoms with Gasteiger partial charge in [-0.3, -0.25) is 10.1 Å². The van der Waals surface area contributed by atoms with Crippen molar-refractivity contribution in [3.63, 3.8) is 0 Å². The van der Waals surface area contributed by atoms with Gasteiger partial charge in [0, 0.05) is 36.6 Å². The van der Waals surface area contributed by atoms with Gasteiger partial charge in [-0.25, -0.2) is 0 Å². The van der Waals surface area contributed by atoms with Crippen LogP contribution in [0, 0.1) is 17.0 Å². The lowest BCUT2D eigenvalue weighted by molar-refractivity contribution is -0.385. The van der Waals surface area contributed by atoms with Crippen molar-refractivity contribution < 1.29 is 4.92 Å². The molecule has 0 aliphatic heterocycles. The minimum Gasteiger partial charge on any atom is -0.346 e. The van der Waals surface area contributed by atoms with Crippen LogP contribution >= 0.6 is 0 Å². The van der Waals surface area contributed by atoms with Crippen LogP contribution in [0.5, 0.6) is 0 Å².